The molecule has 2 aromatic carbocycles. The molecular weight excluding hydrogens is 277 g/mol. The van der Waals surface area contributed by atoms with Crippen molar-refractivity contribution in [2.75, 3.05) is 0 Å². The fraction of sp³-hybridized carbons (Fsp3) is 0.316. The summed E-state index contributed by atoms with van der Waals surface area (Å²) in [4.78, 5) is 12.6. The van der Waals surface area contributed by atoms with E-state index in [4.69, 9.17) is 0 Å². The molecule has 2 rings (SSSR count). The second kappa shape index (κ2) is 6.73. The molecule has 2 nitrogen and oxygen atoms in total. The maximum atomic E-state index is 13.9. The van der Waals surface area contributed by atoms with Crippen LogP contribution < -0.4 is 5.32 Å². The predicted molar refractivity (Wildman–Crippen MR) is 87.0 cm³/mol. The van der Waals surface area contributed by atoms with Gasteiger partial charge in [-0.2, -0.15) is 0 Å². The molecule has 1 amide bonds. The lowest BCUT2D eigenvalue weighted by atomic mass is 9.88. The van der Waals surface area contributed by atoms with Crippen molar-refractivity contribution in [2.45, 2.75) is 38.6 Å². The van der Waals surface area contributed by atoms with Gasteiger partial charge < -0.3 is 5.32 Å². The van der Waals surface area contributed by atoms with Gasteiger partial charge in [0.25, 0.3) is 0 Å². The highest BCUT2D eigenvalue weighted by molar-refractivity contribution is 5.84. The van der Waals surface area contributed by atoms with Crippen LogP contribution in [-0.4, -0.2) is 5.91 Å². The van der Waals surface area contributed by atoms with Crippen molar-refractivity contribution in [2.24, 2.45) is 0 Å². The molecule has 0 radical (unpaired) electrons. The summed E-state index contributed by atoms with van der Waals surface area (Å²) in [5.74, 6) is -1.04. The number of amides is 1. The van der Waals surface area contributed by atoms with Gasteiger partial charge in [0.1, 0.15) is 5.82 Å². The highest BCUT2D eigenvalue weighted by Crippen LogP contribution is 2.26. The van der Waals surface area contributed by atoms with E-state index in [1.54, 1.807) is 25.1 Å². The third-order valence-electron chi connectivity index (χ3n) is 4.28. The Labute approximate surface area is 131 Å². The standard InChI is InChI=1S/C19H22FNO/c1-4-19(3,15-10-6-5-7-11-15)21-18(22)14(2)16-12-8-9-13-17(16)20/h5-14H,4H2,1-3H3,(H,21,22). The van der Waals surface area contributed by atoms with E-state index in [0.29, 0.717) is 5.56 Å². The minimum atomic E-state index is -0.532. The topological polar surface area (TPSA) is 29.1 Å². The van der Waals surface area contributed by atoms with Crippen molar-refractivity contribution in [3.8, 4) is 0 Å². The van der Waals surface area contributed by atoms with Crippen LogP contribution in [0.1, 0.15) is 44.2 Å². The quantitative estimate of drug-likeness (QED) is 0.872. The first-order valence-corrected chi connectivity index (χ1v) is 7.60. The Hall–Kier alpha value is -2.16. The fourth-order valence-electron chi connectivity index (χ4n) is 2.52. The molecule has 0 saturated carbocycles. The lowest BCUT2D eigenvalue weighted by molar-refractivity contribution is -0.124. The van der Waals surface area contributed by atoms with E-state index in [2.05, 4.69) is 5.32 Å². The molecule has 0 bridgehead atoms. The summed E-state index contributed by atoms with van der Waals surface area (Å²) in [6, 6.07) is 16.3. The van der Waals surface area contributed by atoms with Crippen LogP contribution in [-0.2, 0) is 10.3 Å². The molecule has 0 fully saturated rings. The molecule has 3 heteroatoms. The van der Waals surface area contributed by atoms with E-state index < -0.39 is 11.5 Å². The number of carbonyl (C=O) groups is 1. The molecule has 0 aromatic heterocycles. The van der Waals surface area contributed by atoms with Gasteiger partial charge in [-0.25, -0.2) is 4.39 Å². The van der Waals surface area contributed by atoms with Crippen LogP contribution in [0.25, 0.3) is 0 Å². The van der Waals surface area contributed by atoms with Crippen molar-refractivity contribution in [1.82, 2.24) is 5.32 Å². The number of halogens is 1. The van der Waals surface area contributed by atoms with E-state index in [-0.39, 0.29) is 11.7 Å². The molecule has 0 saturated heterocycles. The van der Waals surface area contributed by atoms with Gasteiger partial charge in [0.15, 0.2) is 0 Å². The number of hydrogen-bond acceptors (Lipinski definition) is 1. The Balaban J connectivity index is 2.21. The summed E-state index contributed by atoms with van der Waals surface area (Å²) in [5.41, 5.74) is 1.01. The maximum absolute atomic E-state index is 13.9. The fourth-order valence-corrected chi connectivity index (χ4v) is 2.52. The van der Waals surface area contributed by atoms with Crippen LogP contribution in [0.2, 0.25) is 0 Å². The maximum Gasteiger partial charge on any atom is 0.228 e. The van der Waals surface area contributed by atoms with Crippen molar-refractivity contribution in [1.29, 1.82) is 0 Å². The Morgan fingerprint density at radius 1 is 1.14 bits per heavy atom. The Bertz CT molecular complexity index is 641. The van der Waals surface area contributed by atoms with E-state index in [1.807, 2.05) is 44.2 Å². The molecule has 0 spiro atoms. The molecule has 22 heavy (non-hydrogen) atoms. The van der Waals surface area contributed by atoms with Crippen molar-refractivity contribution in [3.63, 3.8) is 0 Å². The van der Waals surface area contributed by atoms with Gasteiger partial charge in [0, 0.05) is 0 Å². The van der Waals surface area contributed by atoms with Crippen LogP contribution in [0.5, 0.6) is 0 Å². The molecular formula is C19H22FNO. The summed E-state index contributed by atoms with van der Waals surface area (Å²) >= 11 is 0. The molecule has 2 aromatic rings. The Morgan fingerprint density at radius 3 is 2.32 bits per heavy atom. The van der Waals surface area contributed by atoms with Crippen LogP contribution >= 0.6 is 0 Å². The minimum absolute atomic E-state index is 0.168. The summed E-state index contributed by atoms with van der Waals surface area (Å²) < 4.78 is 13.9. The summed E-state index contributed by atoms with van der Waals surface area (Å²) in [6.07, 6.45) is 0.757. The zero-order valence-corrected chi connectivity index (χ0v) is 13.3. The molecule has 116 valence electrons. The first kappa shape index (κ1) is 16.2. The third-order valence-corrected chi connectivity index (χ3v) is 4.28. The summed E-state index contributed by atoms with van der Waals surface area (Å²) in [6.45, 7) is 5.75. The monoisotopic (exact) mass is 299 g/mol. The zero-order chi connectivity index (χ0) is 16.2. The second-order valence-corrected chi connectivity index (χ2v) is 5.78. The second-order valence-electron chi connectivity index (χ2n) is 5.78. The average Bonchev–Trinajstić information content (AvgIpc) is 2.55. The lowest BCUT2D eigenvalue weighted by Gasteiger charge is -2.31. The molecule has 2 atom stereocenters. The normalized spacial score (nSPS) is 14.9. The van der Waals surface area contributed by atoms with E-state index in [0.717, 1.165) is 12.0 Å². The first-order chi connectivity index (χ1) is 10.5. The minimum Gasteiger partial charge on any atom is -0.346 e. The molecule has 0 aliphatic rings. The van der Waals surface area contributed by atoms with Crippen LogP contribution in [0.4, 0.5) is 4.39 Å². The van der Waals surface area contributed by atoms with E-state index in [1.165, 1.54) is 6.07 Å². The van der Waals surface area contributed by atoms with Gasteiger partial charge in [0.2, 0.25) is 5.91 Å². The van der Waals surface area contributed by atoms with Gasteiger partial charge in [-0.1, -0.05) is 55.5 Å². The molecule has 1 N–H and O–H groups in total. The number of carbonyl (C=O) groups excluding carboxylic acids is 1. The van der Waals surface area contributed by atoms with Gasteiger partial charge >= 0.3 is 0 Å². The summed E-state index contributed by atoms with van der Waals surface area (Å²) in [7, 11) is 0. The number of rotatable bonds is 5. The molecule has 0 heterocycles. The van der Waals surface area contributed by atoms with Gasteiger partial charge in [0.05, 0.1) is 11.5 Å². The van der Waals surface area contributed by atoms with Crippen LogP contribution in [0, 0.1) is 5.82 Å². The highest BCUT2D eigenvalue weighted by Gasteiger charge is 2.29. The van der Waals surface area contributed by atoms with Crippen LogP contribution in [0.15, 0.2) is 54.6 Å². The average molecular weight is 299 g/mol. The zero-order valence-electron chi connectivity index (χ0n) is 13.3. The smallest absolute Gasteiger partial charge is 0.228 e. The number of benzene rings is 2. The Kier molecular flexibility index (Phi) is 4.96. The molecule has 0 aliphatic carbocycles. The van der Waals surface area contributed by atoms with Gasteiger partial charge in [-0.05, 0) is 37.5 Å². The van der Waals surface area contributed by atoms with Crippen molar-refractivity contribution in [3.05, 3.63) is 71.5 Å². The first-order valence-electron chi connectivity index (χ1n) is 7.60. The van der Waals surface area contributed by atoms with Crippen molar-refractivity contribution < 1.29 is 9.18 Å². The lowest BCUT2D eigenvalue weighted by Crippen LogP contribution is -2.44. The Morgan fingerprint density at radius 2 is 1.73 bits per heavy atom. The molecule has 0 aliphatic heterocycles. The SMILES string of the molecule is CCC(C)(NC(=O)C(C)c1ccccc1F)c1ccccc1. The van der Waals surface area contributed by atoms with Gasteiger partial charge in [-0.3, -0.25) is 4.79 Å². The summed E-state index contributed by atoms with van der Waals surface area (Å²) in [5, 5.41) is 3.08. The van der Waals surface area contributed by atoms with Crippen molar-refractivity contribution >= 4 is 5.91 Å². The van der Waals surface area contributed by atoms with E-state index >= 15 is 0 Å². The predicted octanol–water partition coefficient (Wildman–Crippen LogP) is 4.37. The third kappa shape index (κ3) is 3.35. The largest absolute Gasteiger partial charge is 0.346 e. The molecule has 2 unspecified atom stereocenters. The van der Waals surface area contributed by atoms with Gasteiger partial charge in [-0.15, -0.1) is 0 Å². The number of hydrogen-bond donors (Lipinski definition) is 1. The highest BCUT2D eigenvalue weighted by atomic mass is 19.1. The van der Waals surface area contributed by atoms with Crippen LogP contribution in [0.3, 0.4) is 0 Å². The number of nitrogens with one attached hydrogen (secondary N) is 1. The van der Waals surface area contributed by atoms with E-state index in [9.17, 15) is 9.18 Å².